The van der Waals surface area contributed by atoms with E-state index < -0.39 is 0 Å². The Morgan fingerprint density at radius 1 is 1.39 bits per heavy atom. The molecule has 6 heteroatoms. The van der Waals surface area contributed by atoms with Crippen LogP contribution in [0, 0.1) is 0 Å². The summed E-state index contributed by atoms with van der Waals surface area (Å²) in [4.78, 5) is 16.1. The first kappa shape index (κ1) is 17.6. The average molecular weight is 334 g/mol. The highest BCUT2D eigenvalue weighted by molar-refractivity contribution is 8.00. The largest absolute Gasteiger partial charge is 0.465 e. The number of rotatable bonds is 8. The molecule has 0 aliphatic heterocycles. The van der Waals surface area contributed by atoms with Crippen LogP contribution >= 0.6 is 11.8 Å². The van der Waals surface area contributed by atoms with Gasteiger partial charge in [0.2, 0.25) is 0 Å². The second-order valence-corrected chi connectivity index (χ2v) is 6.40. The number of hydrogen-bond acceptors (Lipinski definition) is 5. The number of aromatic nitrogens is 2. The van der Waals surface area contributed by atoms with Crippen LogP contribution in [-0.4, -0.2) is 32.5 Å². The van der Waals surface area contributed by atoms with E-state index in [0.717, 1.165) is 17.3 Å². The van der Waals surface area contributed by atoms with Crippen molar-refractivity contribution in [3.05, 3.63) is 47.8 Å². The lowest BCUT2D eigenvalue weighted by Crippen LogP contribution is -2.18. The Balaban J connectivity index is 2.08. The molecule has 2 aromatic rings. The fraction of sp³-hybridized carbons (Fsp3) is 0.412. The van der Waals surface area contributed by atoms with Gasteiger partial charge in [0, 0.05) is 6.54 Å². The summed E-state index contributed by atoms with van der Waals surface area (Å²) in [6.45, 7) is 4.60. The number of aryl methyl sites for hydroxylation is 1. The van der Waals surface area contributed by atoms with E-state index in [1.54, 1.807) is 20.0 Å². The summed E-state index contributed by atoms with van der Waals surface area (Å²) in [5, 5.41) is 9.89. The zero-order valence-electron chi connectivity index (χ0n) is 13.4. The van der Waals surface area contributed by atoms with E-state index >= 15 is 0 Å². The van der Waals surface area contributed by atoms with Crippen molar-refractivity contribution >= 4 is 17.7 Å². The number of carbonyl (C=O) groups excluding carboxylic acids is 1. The minimum Gasteiger partial charge on any atom is -0.465 e. The second-order valence-electron chi connectivity index (χ2n) is 5.09. The first-order valence-electron chi connectivity index (χ1n) is 7.68. The van der Waals surface area contributed by atoms with Crippen molar-refractivity contribution in [2.75, 3.05) is 6.61 Å². The molecular weight excluding hydrogens is 312 g/mol. The molecule has 0 fully saturated rings. The molecule has 1 N–H and O–H groups in total. The zero-order chi connectivity index (χ0) is 16.7. The van der Waals surface area contributed by atoms with Crippen LogP contribution < -0.4 is 0 Å². The van der Waals surface area contributed by atoms with Gasteiger partial charge >= 0.3 is 5.97 Å². The molecule has 0 bridgehead atoms. The van der Waals surface area contributed by atoms with E-state index in [2.05, 4.69) is 17.1 Å². The van der Waals surface area contributed by atoms with Gasteiger partial charge in [-0.1, -0.05) is 42.1 Å². The SMILES string of the molecule is CCOC(=O)[C@H](C)Sc1ncc(CO)n1CCc1ccccc1. The standard InChI is InChI=1S/C17H22N2O3S/c1-3-22-16(21)13(2)23-17-18-11-15(12-20)19(17)10-9-14-7-5-4-6-8-14/h4-8,11,13,20H,3,9-10,12H2,1-2H3/t13-/m0/s1. The third kappa shape index (κ3) is 4.84. The smallest absolute Gasteiger partial charge is 0.319 e. The van der Waals surface area contributed by atoms with Crippen molar-refractivity contribution in [3.8, 4) is 0 Å². The van der Waals surface area contributed by atoms with Crippen molar-refractivity contribution in [2.45, 2.75) is 43.8 Å². The molecule has 2 rings (SSSR count). The molecule has 124 valence electrons. The fourth-order valence-corrected chi connectivity index (χ4v) is 3.13. The topological polar surface area (TPSA) is 64.3 Å². The summed E-state index contributed by atoms with van der Waals surface area (Å²) in [5.41, 5.74) is 1.97. The lowest BCUT2D eigenvalue weighted by Gasteiger charge is -2.13. The van der Waals surface area contributed by atoms with E-state index in [1.807, 2.05) is 22.8 Å². The third-order valence-electron chi connectivity index (χ3n) is 3.43. The Kier molecular flexibility index (Phi) is 6.67. The van der Waals surface area contributed by atoms with Crippen LogP contribution in [0.1, 0.15) is 25.1 Å². The van der Waals surface area contributed by atoms with Gasteiger partial charge in [-0.05, 0) is 25.8 Å². The molecule has 1 atom stereocenters. The van der Waals surface area contributed by atoms with Crippen molar-refractivity contribution in [1.29, 1.82) is 0 Å². The molecule has 0 aliphatic rings. The first-order chi connectivity index (χ1) is 11.2. The lowest BCUT2D eigenvalue weighted by molar-refractivity contribution is -0.142. The number of ether oxygens (including phenoxy) is 1. The summed E-state index contributed by atoms with van der Waals surface area (Å²) < 4.78 is 7.00. The zero-order valence-corrected chi connectivity index (χ0v) is 14.3. The minimum atomic E-state index is -0.334. The van der Waals surface area contributed by atoms with Crippen LogP contribution in [0.2, 0.25) is 0 Å². The fourth-order valence-electron chi connectivity index (χ4n) is 2.20. The Morgan fingerprint density at radius 3 is 2.78 bits per heavy atom. The van der Waals surface area contributed by atoms with Crippen LogP contribution in [-0.2, 0) is 29.1 Å². The van der Waals surface area contributed by atoms with Gasteiger partial charge in [0.25, 0.3) is 0 Å². The molecule has 0 saturated carbocycles. The molecule has 0 spiro atoms. The summed E-state index contributed by atoms with van der Waals surface area (Å²) in [5.74, 6) is -0.249. The summed E-state index contributed by atoms with van der Waals surface area (Å²) in [6, 6.07) is 10.2. The number of imidazole rings is 1. The predicted octanol–water partition coefficient (Wildman–Crippen LogP) is 2.66. The van der Waals surface area contributed by atoms with E-state index in [0.29, 0.717) is 13.2 Å². The summed E-state index contributed by atoms with van der Waals surface area (Å²) in [7, 11) is 0. The van der Waals surface area contributed by atoms with Gasteiger partial charge in [-0.15, -0.1) is 0 Å². The van der Waals surface area contributed by atoms with E-state index in [-0.39, 0.29) is 17.8 Å². The van der Waals surface area contributed by atoms with Crippen molar-refractivity contribution in [1.82, 2.24) is 9.55 Å². The Morgan fingerprint density at radius 2 is 2.13 bits per heavy atom. The number of thioether (sulfide) groups is 1. The van der Waals surface area contributed by atoms with E-state index in [1.165, 1.54) is 17.3 Å². The molecular formula is C17H22N2O3S. The van der Waals surface area contributed by atoms with Gasteiger partial charge < -0.3 is 14.4 Å². The highest BCUT2D eigenvalue weighted by Gasteiger charge is 2.19. The molecule has 5 nitrogen and oxygen atoms in total. The van der Waals surface area contributed by atoms with Crippen LogP contribution in [0.15, 0.2) is 41.7 Å². The van der Waals surface area contributed by atoms with Gasteiger partial charge in [0.15, 0.2) is 5.16 Å². The quantitative estimate of drug-likeness (QED) is 0.594. The second kappa shape index (κ2) is 8.74. The van der Waals surface area contributed by atoms with E-state index in [4.69, 9.17) is 4.74 Å². The molecule has 1 aromatic heterocycles. The van der Waals surface area contributed by atoms with Crippen LogP contribution in [0.4, 0.5) is 0 Å². The number of nitrogens with zero attached hydrogens (tertiary/aromatic N) is 2. The van der Waals surface area contributed by atoms with Gasteiger partial charge in [0.05, 0.1) is 25.1 Å². The van der Waals surface area contributed by atoms with E-state index in [9.17, 15) is 9.90 Å². The number of aliphatic hydroxyl groups excluding tert-OH is 1. The van der Waals surface area contributed by atoms with Crippen LogP contribution in [0.3, 0.4) is 0 Å². The molecule has 0 radical (unpaired) electrons. The van der Waals surface area contributed by atoms with Gasteiger partial charge in [-0.2, -0.15) is 0 Å². The van der Waals surface area contributed by atoms with Crippen molar-refractivity contribution in [2.24, 2.45) is 0 Å². The molecule has 0 unspecified atom stereocenters. The summed E-state index contributed by atoms with van der Waals surface area (Å²) >= 11 is 1.36. The van der Waals surface area contributed by atoms with Crippen LogP contribution in [0.25, 0.3) is 0 Å². The predicted molar refractivity (Wildman–Crippen MR) is 90.2 cm³/mol. The molecule has 0 saturated heterocycles. The van der Waals surface area contributed by atoms with Crippen LogP contribution in [0.5, 0.6) is 0 Å². The Bertz CT molecular complexity index is 628. The molecule has 23 heavy (non-hydrogen) atoms. The Labute approximate surface area is 140 Å². The van der Waals surface area contributed by atoms with Gasteiger partial charge in [0.1, 0.15) is 5.25 Å². The van der Waals surface area contributed by atoms with Gasteiger partial charge in [-0.3, -0.25) is 4.79 Å². The number of carbonyl (C=O) groups is 1. The maximum absolute atomic E-state index is 11.8. The third-order valence-corrected chi connectivity index (χ3v) is 4.51. The number of hydrogen-bond donors (Lipinski definition) is 1. The number of aliphatic hydroxyl groups is 1. The first-order valence-corrected chi connectivity index (χ1v) is 8.56. The van der Waals surface area contributed by atoms with Crippen molar-refractivity contribution < 1.29 is 14.6 Å². The maximum atomic E-state index is 11.8. The minimum absolute atomic E-state index is 0.0733. The lowest BCUT2D eigenvalue weighted by atomic mass is 10.1. The monoisotopic (exact) mass is 334 g/mol. The molecule has 0 aliphatic carbocycles. The normalized spacial score (nSPS) is 12.1. The number of benzene rings is 1. The molecule has 1 aromatic carbocycles. The highest BCUT2D eigenvalue weighted by atomic mass is 32.2. The Hall–Kier alpha value is -1.79. The average Bonchev–Trinajstić information content (AvgIpc) is 2.95. The van der Waals surface area contributed by atoms with Gasteiger partial charge in [-0.25, -0.2) is 4.98 Å². The highest BCUT2D eigenvalue weighted by Crippen LogP contribution is 2.24. The summed E-state index contributed by atoms with van der Waals surface area (Å²) in [6.07, 6.45) is 2.50. The number of esters is 1. The maximum Gasteiger partial charge on any atom is 0.319 e. The van der Waals surface area contributed by atoms with Crippen molar-refractivity contribution in [3.63, 3.8) is 0 Å². The molecule has 0 amide bonds. The molecule has 1 heterocycles.